The molecular formula is C22H16Cu2N4O13S3. The van der Waals surface area contributed by atoms with E-state index in [1.165, 1.54) is 30.3 Å². The molecule has 0 aliphatic rings. The van der Waals surface area contributed by atoms with E-state index in [0.717, 1.165) is 24.3 Å². The van der Waals surface area contributed by atoms with Crippen LogP contribution in [0.15, 0.2) is 89.7 Å². The molecular weight excluding hydrogens is 752 g/mol. The fraction of sp³-hybridized carbons (Fsp3) is 0. The summed E-state index contributed by atoms with van der Waals surface area (Å²) in [5.41, 5.74) is -0.841. The Kier molecular flexibility index (Phi) is 13.8. The van der Waals surface area contributed by atoms with Crippen LogP contribution in [-0.4, -0.2) is 43.9 Å². The summed E-state index contributed by atoms with van der Waals surface area (Å²) in [7, 11) is -4.56. The molecule has 2 radical (unpaired) electrons. The van der Waals surface area contributed by atoms with E-state index in [1.807, 2.05) is 0 Å². The van der Waals surface area contributed by atoms with Crippen LogP contribution in [0.1, 0.15) is 0 Å². The number of fused-ring (bicyclic) bond motifs is 1. The number of phenolic OH excluding ortho intramolecular Hbond substituents is 4. The van der Waals surface area contributed by atoms with E-state index in [0.29, 0.717) is 29.0 Å². The van der Waals surface area contributed by atoms with Gasteiger partial charge in [-0.25, -0.2) is 10.5 Å². The molecule has 4 aromatic carbocycles. The minimum absolute atomic E-state index is 0. The van der Waals surface area contributed by atoms with E-state index in [1.54, 1.807) is 0 Å². The fourth-order valence-electron chi connectivity index (χ4n) is 3.32. The summed E-state index contributed by atoms with van der Waals surface area (Å²) in [5.74, 6) is -1.85. The zero-order valence-corrected chi connectivity index (χ0v) is 25.2. The number of benzene rings is 4. The number of phenols is 4. The van der Waals surface area contributed by atoms with Crippen molar-refractivity contribution >= 4 is 67.7 Å². The molecule has 0 aromatic heterocycles. The van der Waals surface area contributed by atoms with Gasteiger partial charge in [0.2, 0.25) is 0 Å². The van der Waals surface area contributed by atoms with Crippen LogP contribution in [0, 0.1) is 0 Å². The maximum Gasteiger partial charge on any atom is 0.294 e. The maximum absolute atomic E-state index is 11.5. The molecule has 4 aromatic rings. The van der Waals surface area contributed by atoms with Gasteiger partial charge in [-0.15, -0.1) is 29.1 Å². The minimum Gasteiger partial charge on any atom is -0.506 e. The van der Waals surface area contributed by atoms with Gasteiger partial charge in [-0.3, -0.25) is 4.55 Å². The Labute approximate surface area is 276 Å². The number of nitrogens with zero attached hydrogens (tertiary/aromatic N) is 4. The second-order valence-electron chi connectivity index (χ2n) is 7.76. The van der Waals surface area contributed by atoms with Crippen molar-refractivity contribution in [3.63, 3.8) is 0 Å². The second kappa shape index (κ2) is 16.3. The third kappa shape index (κ3) is 9.00. The zero-order chi connectivity index (χ0) is 30.4. The smallest absolute Gasteiger partial charge is 0.294 e. The van der Waals surface area contributed by atoms with Crippen molar-refractivity contribution in [2.45, 2.75) is 14.7 Å². The Balaban J connectivity index is 0.00000337. The molecule has 22 heteroatoms. The van der Waals surface area contributed by atoms with E-state index >= 15 is 0 Å². The van der Waals surface area contributed by atoms with E-state index in [9.17, 15) is 33.4 Å². The molecule has 0 aliphatic carbocycles. The summed E-state index contributed by atoms with van der Waals surface area (Å²) in [6, 6.07) is 10.6. The molecule has 44 heavy (non-hydrogen) atoms. The van der Waals surface area contributed by atoms with Crippen molar-refractivity contribution in [3.05, 3.63) is 54.6 Å². The Morgan fingerprint density at radius 2 is 1.23 bits per heavy atom. The molecule has 0 spiro atoms. The quantitative estimate of drug-likeness (QED) is 0.0161. The normalized spacial score (nSPS) is 11.6. The summed E-state index contributed by atoms with van der Waals surface area (Å²) in [4.78, 5) is -0.137. The molecule has 0 unspecified atom stereocenters. The van der Waals surface area contributed by atoms with Gasteiger partial charge in [0.1, 0.15) is 40.0 Å². The van der Waals surface area contributed by atoms with Gasteiger partial charge in [-0.1, -0.05) is 10.1 Å². The average Bonchev–Trinajstić information content (AvgIpc) is 2.95. The first-order valence-electron chi connectivity index (χ1n) is 10.8. The zero-order valence-electron chi connectivity index (χ0n) is 20.9. The van der Waals surface area contributed by atoms with Crippen molar-refractivity contribution in [3.8, 4) is 23.0 Å². The number of azo groups is 2. The molecule has 0 atom stereocenters. The van der Waals surface area contributed by atoms with E-state index < -0.39 is 32.3 Å². The van der Waals surface area contributed by atoms with Gasteiger partial charge in [0.25, 0.3) is 10.1 Å². The molecule has 17 nitrogen and oxygen atoms in total. The first-order valence-corrected chi connectivity index (χ1v) is 13.7. The summed E-state index contributed by atoms with van der Waals surface area (Å²) >= 11 is 0.965. The summed E-state index contributed by atoms with van der Waals surface area (Å²) < 4.78 is 41.0. The predicted molar refractivity (Wildman–Crippen MR) is 143 cm³/mol. The Bertz CT molecular complexity index is 1810. The molecule has 7 N–H and O–H groups in total. The molecule has 0 bridgehead atoms. The van der Waals surface area contributed by atoms with Gasteiger partial charge in [0, 0.05) is 56.6 Å². The second-order valence-corrected chi connectivity index (χ2v) is 10.7. The number of hydrogen-bond donors (Lipinski definition) is 7. The van der Waals surface area contributed by atoms with Gasteiger partial charge < -0.3 is 20.4 Å². The number of hydrogen-bond acceptors (Lipinski definition) is 18. The Morgan fingerprint density at radius 3 is 1.82 bits per heavy atom. The largest absolute Gasteiger partial charge is 0.506 e. The van der Waals surface area contributed by atoms with Crippen molar-refractivity contribution in [1.29, 1.82) is 0 Å². The van der Waals surface area contributed by atoms with E-state index in [4.69, 9.17) is 10.5 Å². The summed E-state index contributed by atoms with van der Waals surface area (Å²) in [6.07, 6.45) is 0. The van der Waals surface area contributed by atoms with Crippen molar-refractivity contribution in [2.75, 3.05) is 0 Å². The first kappa shape index (κ1) is 37.1. The van der Waals surface area contributed by atoms with Crippen LogP contribution in [-0.2, 0) is 63.0 Å². The van der Waals surface area contributed by atoms with Crippen molar-refractivity contribution < 1.29 is 96.8 Å². The fourth-order valence-corrected chi connectivity index (χ4v) is 4.72. The first-order chi connectivity index (χ1) is 20.0. The van der Waals surface area contributed by atoms with Crippen LogP contribution < -0.4 is 0 Å². The standard InChI is InChI=1S/C22H16N4O13S3.2Cu/c27-17-4-1-11(40-38-36-31)7-14(17)23-24-15-8-19(29)16(9-18(15)28)25-26-21-20(41-39-37-32)6-10-5-12(42(33,34)35)2-3-13(10)22(21)30;;/h1-9,27-32H,(H,33,34,35);;. The molecule has 0 aliphatic heterocycles. The van der Waals surface area contributed by atoms with Crippen LogP contribution in [0.25, 0.3) is 10.8 Å². The maximum atomic E-state index is 11.5. The third-order valence-corrected chi connectivity index (χ3v) is 7.22. The van der Waals surface area contributed by atoms with Gasteiger partial charge >= 0.3 is 0 Å². The van der Waals surface area contributed by atoms with Crippen LogP contribution in [0.2, 0.25) is 0 Å². The Hall–Kier alpha value is -3.05. The van der Waals surface area contributed by atoms with Gasteiger partial charge in [0.05, 0.1) is 33.9 Å². The van der Waals surface area contributed by atoms with Crippen LogP contribution in [0.5, 0.6) is 23.0 Å². The number of aromatic hydroxyl groups is 4. The predicted octanol–water partition coefficient (Wildman–Crippen LogP) is 6.59. The SMILES string of the molecule is O=S(=O)(O)c1ccc2c(O)c(N=Nc3cc(O)c(N=Nc4cc(SOOO)ccc4O)cc3O)c(SOOO)cc2c1.[Cu].[Cu]. The topological polar surface area (TPSA) is 262 Å². The van der Waals surface area contributed by atoms with Gasteiger partial charge in [-0.05, 0) is 47.9 Å². The monoisotopic (exact) mass is 766 g/mol. The summed E-state index contributed by atoms with van der Waals surface area (Å²) in [6.45, 7) is 0. The van der Waals surface area contributed by atoms with Crippen molar-refractivity contribution in [2.24, 2.45) is 20.5 Å². The van der Waals surface area contributed by atoms with Crippen LogP contribution >= 0.6 is 24.1 Å². The minimum atomic E-state index is -4.56. The summed E-state index contributed by atoms with van der Waals surface area (Å²) in [5, 5.41) is 81.1. The van der Waals surface area contributed by atoms with Gasteiger partial charge in [-0.2, -0.15) is 8.42 Å². The third-order valence-electron chi connectivity index (χ3n) is 5.18. The van der Waals surface area contributed by atoms with Crippen LogP contribution in [0.3, 0.4) is 0 Å². The Morgan fingerprint density at radius 1 is 0.659 bits per heavy atom. The average molecular weight is 768 g/mol. The molecule has 0 heterocycles. The molecule has 4 rings (SSSR count). The van der Waals surface area contributed by atoms with Gasteiger partial charge in [0.15, 0.2) is 5.75 Å². The molecule has 242 valence electrons. The molecule has 0 saturated heterocycles. The molecule has 0 saturated carbocycles. The molecule has 0 fully saturated rings. The van der Waals surface area contributed by atoms with E-state index in [2.05, 4.69) is 39.2 Å². The molecule has 0 amide bonds. The number of rotatable bonds is 11. The van der Waals surface area contributed by atoms with Crippen molar-refractivity contribution in [1.82, 2.24) is 0 Å². The van der Waals surface area contributed by atoms with E-state index in [-0.39, 0.29) is 78.3 Å². The van der Waals surface area contributed by atoms with Crippen LogP contribution in [0.4, 0.5) is 22.7 Å².